The van der Waals surface area contributed by atoms with Gasteiger partial charge in [0.1, 0.15) is 17.8 Å². The highest BCUT2D eigenvalue weighted by molar-refractivity contribution is 6.19. The largest absolute Gasteiger partial charge is 0.344 e. The smallest absolute Gasteiger partial charge is 0.160 e. The Balaban J connectivity index is 1.05. The molecule has 2 aliphatic rings. The standard InChI is InChI=1S/C50H32N6/c1-3-14-31(15-4-1)48-52-49(32-16-5-2-6-17-32)54-50(53-48)33-26-27-46(51-30-33)55-42-23-10-9-20-36(42)41-28-39-38-22-13-21-37-34-18-7-11-24-43(34)56(47(37)38)44-25-12-8-19-35(44)40(39)29-45(41)55/h1-30,48H,(H,52,53,54). The number of aliphatic imine (C=N–C) groups is 2. The van der Waals surface area contributed by atoms with Crippen molar-refractivity contribution in [3.8, 4) is 33.8 Å². The summed E-state index contributed by atoms with van der Waals surface area (Å²) in [6, 6.07) is 62.5. The van der Waals surface area contributed by atoms with E-state index in [0.29, 0.717) is 5.84 Å². The Morgan fingerprint density at radius 1 is 0.464 bits per heavy atom. The van der Waals surface area contributed by atoms with Crippen molar-refractivity contribution >= 4 is 55.3 Å². The second-order valence-electron chi connectivity index (χ2n) is 14.5. The molecule has 5 heterocycles. The van der Waals surface area contributed by atoms with Crippen LogP contribution < -0.4 is 5.32 Å². The molecular formula is C50H32N6. The number of nitrogens with zero attached hydrogens (tertiary/aromatic N) is 5. The molecule has 0 aliphatic carbocycles. The van der Waals surface area contributed by atoms with Crippen molar-refractivity contribution in [3.05, 3.63) is 199 Å². The summed E-state index contributed by atoms with van der Waals surface area (Å²) < 4.78 is 4.76. The molecule has 0 fully saturated rings. The van der Waals surface area contributed by atoms with Crippen molar-refractivity contribution < 1.29 is 0 Å². The van der Waals surface area contributed by atoms with Gasteiger partial charge < -0.3 is 9.88 Å². The zero-order valence-corrected chi connectivity index (χ0v) is 30.1. The van der Waals surface area contributed by atoms with Gasteiger partial charge in [0.05, 0.1) is 27.8 Å². The van der Waals surface area contributed by atoms with Gasteiger partial charge >= 0.3 is 0 Å². The van der Waals surface area contributed by atoms with E-state index in [1.807, 2.05) is 42.6 Å². The van der Waals surface area contributed by atoms with Gasteiger partial charge in [0.2, 0.25) is 0 Å². The summed E-state index contributed by atoms with van der Waals surface area (Å²) in [5.41, 5.74) is 13.7. The lowest BCUT2D eigenvalue weighted by Gasteiger charge is -2.23. The van der Waals surface area contributed by atoms with Crippen LogP contribution in [0.5, 0.6) is 0 Å². The highest BCUT2D eigenvalue weighted by Gasteiger charge is 2.27. The van der Waals surface area contributed by atoms with Gasteiger partial charge in [-0.15, -0.1) is 0 Å². The van der Waals surface area contributed by atoms with Crippen LogP contribution in [-0.2, 0) is 0 Å². The second kappa shape index (κ2) is 12.0. The van der Waals surface area contributed by atoms with Gasteiger partial charge in [-0.3, -0.25) is 4.57 Å². The topological polar surface area (TPSA) is 59.5 Å². The fourth-order valence-corrected chi connectivity index (χ4v) is 8.87. The summed E-state index contributed by atoms with van der Waals surface area (Å²) in [6.07, 6.45) is 1.63. The van der Waals surface area contributed by atoms with Gasteiger partial charge in [0, 0.05) is 50.0 Å². The first-order valence-electron chi connectivity index (χ1n) is 19.0. The van der Waals surface area contributed by atoms with Gasteiger partial charge in [0.25, 0.3) is 0 Å². The molecule has 3 aromatic heterocycles. The predicted octanol–water partition coefficient (Wildman–Crippen LogP) is 11.4. The van der Waals surface area contributed by atoms with Crippen molar-refractivity contribution in [2.24, 2.45) is 9.98 Å². The van der Waals surface area contributed by atoms with Gasteiger partial charge in [-0.25, -0.2) is 15.0 Å². The van der Waals surface area contributed by atoms with E-state index >= 15 is 0 Å². The Morgan fingerprint density at radius 2 is 1.12 bits per heavy atom. The minimum Gasteiger partial charge on any atom is -0.344 e. The molecule has 0 bridgehead atoms. The molecule has 2 aliphatic heterocycles. The van der Waals surface area contributed by atoms with E-state index in [1.54, 1.807) is 0 Å². The first-order valence-corrected chi connectivity index (χ1v) is 19.0. The van der Waals surface area contributed by atoms with E-state index in [4.69, 9.17) is 15.0 Å². The zero-order valence-electron chi connectivity index (χ0n) is 30.1. The Hall–Kier alpha value is -7.57. The summed E-state index contributed by atoms with van der Waals surface area (Å²) in [7, 11) is 0. The third kappa shape index (κ3) is 4.53. The van der Waals surface area contributed by atoms with Crippen LogP contribution in [0.25, 0.3) is 77.4 Å². The molecule has 7 aromatic carbocycles. The van der Waals surface area contributed by atoms with Gasteiger partial charge in [-0.05, 0) is 59.2 Å². The summed E-state index contributed by atoms with van der Waals surface area (Å²) in [4.78, 5) is 15.3. The van der Waals surface area contributed by atoms with E-state index in [-0.39, 0.29) is 6.17 Å². The lowest BCUT2D eigenvalue weighted by atomic mass is 9.92. The number of hydrogen-bond donors (Lipinski definition) is 1. The molecule has 0 radical (unpaired) electrons. The molecule has 10 aromatic rings. The monoisotopic (exact) mass is 716 g/mol. The number of para-hydroxylation sites is 4. The number of benzene rings is 7. The van der Waals surface area contributed by atoms with Crippen LogP contribution in [-0.4, -0.2) is 25.8 Å². The van der Waals surface area contributed by atoms with Gasteiger partial charge in [-0.1, -0.05) is 133 Å². The molecule has 262 valence electrons. The average molecular weight is 717 g/mol. The van der Waals surface area contributed by atoms with E-state index in [0.717, 1.165) is 39.4 Å². The van der Waals surface area contributed by atoms with Crippen LogP contribution in [0, 0.1) is 0 Å². The SMILES string of the molecule is c1ccc(C2=NC(c3ccc(-n4c5ccccc5c5cc6c(cc54)-c4ccccc4-n4c5ccccc5c5cccc-6c54)nc3)=NC(c3ccccc3)N2)cc1. The van der Waals surface area contributed by atoms with Crippen LogP contribution in [0.1, 0.15) is 22.9 Å². The summed E-state index contributed by atoms with van der Waals surface area (Å²) in [5, 5.41) is 8.46. The summed E-state index contributed by atoms with van der Waals surface area (Å²) in [6.45, 7) is 0. The molecular weight excluding hydrogens is 685 g/mol. The van der Waals surface area contributed by atoms with Gasteiger partial charge in [-0.2, -0.15) is 0 Å². The molecule has 0 spiro atoms. The summed E-state index contributed by atoms with van der Waals surface area (Å²) >= 11 is 0. The molecule has 6 heteroatoms. The minimum absolute atomic E-state index is 0.278. The van der Waals surface area contributed by atoms with E-state index < -0.39 is 0 Å². The van der Waals surface area contributed by atoms with Crippen molar-refractivity contribution in [3.63, 3.8) is 0 Å². The number of aromatic nitrogens is 3. The first kappa shape index (κ1) is 30.8. The quantitative estimate of drug-likeness (QED) is 0.197. The fourth-order valence-electron chi connectivity index (χ4n) is 8.87. The van der Waals surface area contributed by atoms with Crippen LogP contribution >= 0.6 is 0 Å². The molecule has 1 unspecified atom stereocenters. The number of fused-ring (bicyclic) bond motifs is 11. The number of hydrogen-bond acceptors (Lipinski definition) is 4. The second-order valence-corrected chi connectivity index (χ2v) is 14.5. The Kier molecular flexibility index (Phi) is 6.59. The van der Waals surface area contributed by atoms with Crippen LogP contribution in [0.2, 0.25) is 0 Å². The molecule has 1 atom stereocenters. The highest BCUT2D eigenvalue weighted by Crippen LogP contribution is 2.48. The van der Waals surface area contributed by atoms with Gasteiger partial charge in [0.15, 0.2) is 5.84 Å². The number of nitrogens with one attached hydrogen (secondary N) is 1. The maximum atomic E-state index is 5.15. The number of amidine groups is 2. The predicted molar refractivity (Wildman–Crippen MR) is 229 cm³/mol. The van der Waals surface area contributed by atoms with Crippen molar-refractivity contribution in [2.75, 3.05) is 0 Å². The molecule has 56 heavy (non-hydrogen) atoms. The maximum absolute atomic E-state index is 5.15. The fraction of sp³-hybridized carbons (Fsp3) is 0.0200. The molecule has 0 saturated heterocycles. The first-order chi connectivity index (χ1) is 27.8. The third-order valence-corrected chi connectivity index (χ3v) is 11.4. The zero-order chi connectivity index (χ0) is 36.7. The maximum Gasteiger partial charge on any atom is 0.160 e. The van der Waals surface area contributed by atoms with E-state index in [1.165, 1.54) is 60.5 Å². The molecule has 12 rings (SSSR count). The Bertz CT molecular complexity index is 3260. The molecule has 0 amide bonds. The normalized spacial score (nSPS) is 14.6. The van der Waals surface area contributed by atoms with Crippen molar-refractivity contribution in [1.82, 2.24) is 19.4 Å². The number of pyridine rings is 1. The van der Waals surface area contributed by atoms with Crippen molar-refractivity contribution in [2.45, 2.75) is 6.17 Å². The van der Waals surface area contributed by atoms with Crippen LogP contribution in [0.3, 0.4) is 0 Å². The number of rotatable bonds is 4. The Labute approximate surface area is 322 Å². The average Bonchev–Trinajstić information content (AvgIpc) is 3.75. The van der Waals surface area contributed by atoms with Crippen LogP contribution in [0.4, 0.5) is 0 Å². The molecule has 0 saturated carbocycles. The van der Waals surface area contributed by atoms with E-state index in [9.17, 15) is 0 Å². The lowest BCUT2D eigenvalue weighted by Crippen LogP contribution is -2.33. The third-order valence-electron chi connectivity index (χ3n) is 11.4. The van der Waals surface area contributed by atoms with Crippen LogP contribution in [0.15, 0.2) is 192 Å². The highest BCUT2D eigenvalue weighted by atomic mass is 15.2. The lowest BCUT2D eigenvalue weighted by molar-refractivity contribution is 0.674. The summed E-state index contributed by atoms with van der Waals surface area (Å²) in [5.74, 6) is 2.26. The minimum atomic E-state index is -0.278. The Morgan fingerprint density at radius 3 is 1.93 bits per heavy atom. The van der Waals surface area contributed by atoms with Crippen molar-refractivity contribution in [1.29, 1.82) is 0 Å². The molecule has 1 N–H and O–H groups in total. The van der Waals surface area contributed by atoms with E-state index in [2.05, 4.69) is 154 Å². The molecule has 6 nitrogen and oxygen atoms in total.